The maximum atomic E-state index is 11.4. The van der Waals surface area contributed by atoms with E-state index in [2.05, 4.69) is 23.4 Å². The van der Waals surface area contributed by atoms with Crippen molar-refractivity contribution < 1.29 is 4.79 Å². The monoisotopic (exact) mass is 328 g/mol. The molecule has 5 nitrogen and oxygen atoms in total. The second-order valence-corrected chi connectivity index (χ2v) is 6.31. The van der Waals surface area contributed by atoms with Crippen LogP contribution < -0.4 is 5.73 Å². The van der Waals surface area contributed by atoms with Crippen molar-refractivity contribution in [2.45, 2.75) is 39.2 Å². The summed E-state index contributed by atoms with van der Waals surface area (Å²) in [5.41, 5.74) is 10.6. The molecule has 0 saturated carbocycles. The van der Waals surface area contributed by atoms with Gasteiger partial charge in [0.2, 0.25) is 5.91 Å². The highest BCUT2D eigenvalue weighted by atomic mass is 32.1. The number of nitrogens with zero attached hydrogens (tertiary/aromatic N) is 3. The number of imidazole rings is 1. The van der Waals surface area contributed by atoms with Crippen LogP contribution in [0.2, 0.25) is 0 Å². The fraction of sp³-hybridized carbons (Fsp3) is 0.353. The highest BCUT2D eigenvalue weighted by Crippen LogP contribution is 2.27. The van der Waals surface area contributed by atoms with Crippen LogP contribution in [0, 0.1) is 0 Å². The maximum absolute atomic E-state index is 11.4. The van der Waals surface area contributed by atoms with Crippen molar-refractivity contribution >= 4 is 28.3 Å². The third kappa shape index (κ3) is 2.99. The second-order valence-electron chi connectivity index (χ2n) is 5.59. The number of benzene rings is 1. The molecule has 0 aliphatic heterocycles. The highest BCUT2D eigenvalue weighted by molar-refractivity contribution is 7.07. The molecule has 6 heteroatoms. The molecule has 1 aromatic carbocycles. The van der Waals surface area contributed by atoms with Crippen LogP contribution in [0.1, 0.15) is 54.6 Å². The first-order chi connectivity index (χ1) is 11.1. The van der Waals surface area contributed by atoms with Crippen LogP contribution in [0.5, 0.6) is 0 Å². The van der Waals surface area contributed by atoms with E-state index in [1.54, 1.807) is 23.5 Å². The average Bonchev–Trinajstić information content (AvgIpc) is 3.16. The molecule has 0 saturated heterocycles. The van der Waals surface area contributed by atoms with Gasteiger partial charge in [0, 0.05) is 23.4 Å². The van der Waals surface area contributed by atoms with E-state index in [-0.39, 0.29) is 0 Å². The molecule has 0 atom stereocenters. The van der Waals surface area contributed by atoms with E-state index < -0.39 is 5.91 Å². The number of rotatable bonds is 6. The van der Waals surface area contributed by atoms with E-state index in [9.17, 15) is 4.79 Å². The van der Waals surface area contributed by atoms with E-state index in [0.717, 1.165) is 35.4 Å². The Kier molecular flexibility index (Phi) is 4.43. The smallest absolute Gasteiger partial charge is 0.248 e. The number of amides is 1. The van der Waals surface area contributed by atoms with Crippen LogP contribution in [0.4, 0.5) is 0 Å². The lowest BCUT2D eigenvalue weighted by Gasteiger charge is -2.18. The van der Waals surface area contributed by atoms with E-state index in [1.807, 2.05) is 17.0 Å². The Bertz CT molecular complexity index is 819. The fourth-order valence-electron chi connectivity index (χ4n) is 2.97. The molecule has 0 fully saturated rings. The molecule has 23 heavy (non-hydrogen) atoms. The zero-order valence-corrected chi connectivity index (χ0v) is 14.1. The van der Waals surface area contributed by atoms with E-state index in [1.165, 1.54) is 0 Å². The quantitative estimate of drug-likeness (QED) is 0.752. The molecule has 0 unspecified atom stereocenters. The molecule has 2 aromatic heterocycles. The Morgan fingerprint density at radius 3 is 2.74 bits per heavy atom. The van der Waals surface area contributed by atoms with Gasteiger partial charge in [0.1, 0.15) is 5.82 Å². The Balaban J connectivity index is 2.15. The van der Waals surface area contributed by atoms with Crippen LogP contribution in [-0.2, 0) is 6.42 Å². The van der Waals surface area contributed by atoms with E-state index in [0.29, 0.717) is 18.0 Å². The molecule has 0 bridgehead atoms. The summed E-state index contributed by atoms with van der Waals surface area (Å²) in [6.07, 6.45) is 2.76. The maximum Gasteiger partial charge on any atom is 0.248 e. The lowest BCUT2D eigenvalue weighted by Crippen LogP contribution is -2.12. The molecular weight excluding hydrogens is 308 g/mol. The number of carbonyl (C=O) groups excluding carboxylic acids is 1. The Hall–Kier alpha value is -2.21. The molecule has 0 spiro atoms. The van der Waals surface area contributed by atoms with Crippen molar-refractivity contribution in [2.75, 3.05) is 0 Å². The first kappa shape index (κ1) is 15.7. The van der Waals surface area contributed by atoms with Crippen LogP contribution >= 0.6 is 11.3 Å². The standard InChI is InChI=1S/C17H20N4OS/c1-3-13(4-2)21-15-6-5-11(17(18)22)7-14(15)20-16(21)8-12-9-23-10-19-12/h5-7,9-10,13H,3-4,8H2,1-2H3,(H2,18,22). The predicted molar refractivity (Wildman–Crippen MR) is 92.8 cm³/mol. The summed E-state index contributed by atoms with van der Waals surface area (Å²) >= 11 is 1.59. The van der Waals surface area contributed by atoms with Gasteiger partial charge in [-0.25, -0.2) is 9.97 Å². The summed E-state index contributed by atoms with van der Waals surface area (Å²) < 4.78 is 2.29. The largest absolute Gasteiger partial charge is 0.366 e. The average molecular weight is 328 g/mol. The number of aromatic nitrogens is 3. The van der Waals surface area contributed by atoms with Gasteiger partial charge in [-0.05, 0) is 31.0 Å². The molecule has 2 heterocycles. The Morgan fingerprint density at radius 2 is 2.13 bits per heavy atom. The summed E-state index contributed by atoms with van der Waals surface area (Å²) in [5.74, 6) is 0.561. The number of fused-ring (bicyclic) bond motifs is 1. The summed E-state index contributed by atoms with van der Waals surface area (Å²) in [5, 5.41) is 2.05. The second kappa shape index (κ2) is 6.50. The van der Waals surface area contributed by atoms with Crippen LogP contribution in [0.15, 0.2) is 29.1 Å². The fourth-order valence-corrected chi connectivity index (χ4v) is 3.53. The predicted octanol–water partition coefficient (Wildman–Crippen LogP) is 3.54. The van der Waals surface area contributed by atoms with E-state index in [4.69, 9.17) is 10.7 Å². The van der Waals surface area contributed by atoms with Crippen molar-refractivity contribution in [3.8, 4) is 0 Å². The first-order valence-corrected chi connectivity index (χ1v) is 8.76. The lowest BCUT2D eigenvalue weighted by atomic mass is 10.1. The number of hydrogen-bond acceptors (Lipinski definition) is 4. The zero-order chi connectivity index (χ0) is 16.4. The molecule has 1 amide bonds. The summed E-state index contributed by atoms with van der Waals surface area (Å²) in [4.78, 5) is 20.6. The molecule has 3 rings (SSSR count). The van der Waals surface area contributed by atoms with Crippen molar-refractivity contribution in [2.24, 2.45) is 5.73 Å². The Morgan fingerprint density at radius 1 is 1.35 bits per heavy atom. The normalized spacial score (nSPS) is 11.4. The number of primary amides is 1. The molecule has 3 aromatic rings. The van der Waals surface area contributed by atoms with Gasteiger partial charge in [0.05, 0.1) is 22.2 Å². The summed E-state index contributed by atoms with van der Waals surface area (Å²) in [6, 6.07) is 5.89. The van der Waals surface area contributed by atoms with Crippen LogP contribution in [-0.4, -0.2) is 20.4 Å². The van der Waals surface area contributed by atoms with Gasteiger partial charge in [-0.15, -0.1) is 11.3 Å². The number of carbonyl (C=O) groups is 1. The third-order valence-electron chi connectivity index (χ3n) is 4.18. The third-order valence-corrected chi connectivity index (χ3v) is 4.81. The van der Waals surface area contributed by atoms with Crippen molar-refractivity contribution in [3.63, 3.8) is 0 Å². The Labute approximate surface area is 139 Å². The van der Waals surface area contributed by atoms with Gasteiger partial charge in [0.25, 0.3) is 0 Å². The van der Waals surface area contributed by atoms with E-state index >= 15 is 0 Å². The SMILES string of the molecule is CCC(CC)n1c(Cc2cscn2)nc2cc(C(N)=O)ccc21. The van der Waals surface area contributed by atoms with Gasteiger partial charge in [-0.1, -0.05) is 13.8 Å². The minimum absolute atomic E-state index is 0.382. The molecule has 120 valence electrons. The van der Waals surface area contributed by atoms with Gasteiger partial charge in [-0.2, -0.15) is 0 Å². The first-order valence-electron chi connectivity index (χ1n) is 7.81. The minimum Gasteiger partial charge on any atom is -0.366 e. The highest BCUT2D eigenvalue weighted by Gasteiger charge is 2.18. The van der Waals surface area contributed by atoms with Crippen LogP contribution in [0.25, 0.3) is 11.0 Å². The molecule has 2 N–H and O–H groups in total. The van der Waals surface area contributed by atoms with Crippen molar-refractivity contribution in [1.29, 1.82) is 0 Å². The van der Waals surface area contributed by atoms with Crippen LogP contribution in [0.3, 0.4) is 0 Å². The zero-order valence-electron chi connectivity index (χ0n) is 13.3. The lowest BCUT2D eigenvalue weighted by molar-refractivity contribution is 0.100. The minimum atomic E-state index is -0.426. The van der Waals surface area contributed by atoms with Gasteiger partial charge < -0.3 is 10.3 Å². The molecule has 0 aliphatic carbocycles. The number of hydrogen-bond donors (Lipinski definition) is 1. The summed E-state index contributed by atoms with van der Waals surface area (Å²) in [6.45, 7) is 4.37. The van der Waals surface area contributed by atoms with Crippen molar-refractivity contribution in [3.05, 3.63) is 46.2 Å². The molecular formula is C17H20N4OS. The van der Waals surface area contributed by atoms with Gasteiger partial charge >= 0.3 is 0 Å². The topological polar surface area (TPSA) is 73.8 Å². The van der Waals surface area contributed by atoms with Gasteiger partial charge in [0.15, 0.2) is 0 Å². The molecule has 0 aliphatic rings. The van der Waals surface area contributed by atoms with Crippen molar-refractivity contribution in [1.82, 2.24) is 14.5 Å². The summed E-state index contributed by atoms with van der Waals surface area (Å²) in [7, 11) is 0. The number of nitrogens with two attached hydrogens (primary N) is 1. The number of thiazole rings is 1. The molecule has 0 radical (unpaired) electrons. The van der Waals surface area contributed by atoms with Gasteiger partial charge in [-0.3, -0.25) is 4.79 Å².